The molecule has 2 aliphatic heterocycles. The summed E-state index contributed by atoms with van der Waals surface area (Å²) in [4.78, 5) is 17.0. The molecular weight excluding hydrogens is 371 g/mol. The summed E-state index contributed by atoms with van der Waals surface area (Å²) in [6.45, 7) is 4.72. The number of amides is 1. The van der Waals surface area contributed by atoms with E-state index in [0.717, 1.165) is 37.1 Å². The van der Waals surface area contributed by atoms with Crippen molar-refractivity contribution < 1.29 is 18.7 Å². The van der Waals surface area contributed by atoms with Crippen LogP contribution >= 0.6 is 0 Å². The Morgan fingerprint density at radius 2 is 2.00 bits per heavy atom. The van der Waals surface area contributed by atoms with Crippen molar-refractivity contribution in [1.29, 1.82) is 0 Å². The zero-order valence-corrected chi connectivity index (χ0v) is 16.9. The highest BCUT2D eigenvalue weighted by molar-refractivity contribution is 5.83. The molecule has 5 nitrogen and oxygen atoms in total. The predicted molar refractivity (Wildman–Crippen MR) is 108 cm³/mol. The standard InChI is InChI=1S/C23H27FN2O3/c1-16-23(27)26-10-4-7-20(26)14-25(16)13-17-8-9-21(28-2)22(12-17)29-15-18-5-3-6-19(24)11-18/h3,5-6,8-9,11-12,16,20H,4,7,10,13-15H2,1-2H3/t16-,20-/m1/s1. The second-order valence-electron chi connectivity index (χ2n) is 7.84. The van der Waals surface area contributed by atoms with Gasteiger partial charge in [0.25, 0.3) is 0 Å². The molecule has 29 heavy (non-hydrogen) atoms. The normalized spacial score (nSPS) is 21.9. The number of rotatable bonds is 6. The first kappa shape index (κ1) is 19.7. The molecule has 2 aromatic carbocycles. The van der Waals surface area contributed by atoms with Crippen LogP contribution in [0.15, 0.2) is 42.5 Å². The van der Waals surface area contributed by atoms with Crippen LogP contribution in [0.5, 0.6) is 11.5 Å². The first-order chi connectivity index (χ1) is 14.0. The third-order valence-electron chi connectivity index (χ3n) is 5.91. The third kappa shape index (κ3) is 4.22. The Hall–Kier alpha value is -2.60. The SMILES string of the molecule is COc1ccc(CN2C[C@H]3CCCN3C(=O)[C@H]2C)cc1OCc1cccc(F)c1. The highest BCUT2D eigenvalue weighted by Crippen LogP contribution is 2.31. The molecule has 0 radical (unpaired) electrons. The fourth-order valence-electron chi connectivity index (χ4n) is 4.30. The first-order valence-corrected chi connectivity index (χ1v) is 10.1. The summed E-state index contributed by atoms with van der Waals surface area (Å²) in [5.41, 5.74) is 1.82. The number of hydrogen-bond acceptors (Lipinski definition) is 4. The third-order valence-corrected chi connectivity index (χ3v) is 5.91. The average molecular weight is 398 g/mol. The number of nitrogens with zero attached hydrogens (tertiary/aromatic N) is 2. The van der Waals surface area contributed by atoms with E-state index in [4.69, 9.17) is 9.47 Å². The van der Waals surface area contributed by atoms with E-state index in [1.165, 1.54) is 12.1 Å². The molecule has 0 spiro atoms. The van der Waals surface area contributed by atoms with Gasteiger partial charge in [-0.2, -0.15) is 0 Å². The minimum atomic E-state index is -0.281. The number of hydrogen-bond donors (Lipinski definition) is 0. The van der Waals surface area contributed by atoms with Crippen molar-refractivity contribution in [3.63, 3.8) is 0 Å². The highest BCUT2D eigenvalue weighted by Gasteiger charge is 2.40. The average Bonchev–Trinajstić information content (AvgIpc) is 3.19. The monoisotopic (exact) mass is 398 g/mol. The van der Waals surface area contributed by atoms with Gasteiger partial charge in [0.1, 0.15) is 12.4 Å². The maximum absolute atomic E-state index is 13.4. The number of ether oxygens (including phenoxy) is 2. The smallest absolute Gasteiger partial charge is 0.239 e. The summed E-state index contributed by atoms with van der Waals surface area (Å²) in [5.74, 6) is 1.20. The Morgan fingerprint density at radius 3 is 2.79 bits per heavy atom. The van der Waals surface area contributed by atoms with Gasteiger partial charge in [0, 0.05) is 25.7 Å². The Bertz CT molecular complexity index is 888. The second-order valence-corrected chi connectivity index (χ2v) is 7.84. The van der Waals surface area contributed by atoms with Gasteiger partial charge in [-0.05, 0) is 55.2 Å². The van der Waals surface area contributed by atoms with E-state index in [1.807, 2.05) is 36.1 Å². The van der Waals surface area contributed by atoms with Crippen LogP contribution in [0.3, 0.4) is 0 Å². The lowest BCUT2D eigenvalue weighted by molar-refractivity contribution is -0.143. The molecule has 2 aliphatic rings. The molecule has 2 saturated heterocycles. The van der Waals surface area contributed by atoms with Crippen molar-refractivity contribution in [1.82, 2.24) is 9.80 Å². The van der Waals surface area contributed by atoms with Crippen LogP contribution in [0.25, 0.3) is 0 Å². The molecule has 0 bridgehead atoms. The molecule has 1 amide bonds. The zero-order valence-electron chi connectivity index (χ0n) is 16.9. The first-order valence-electron chi connectivity index (χ1n) is 10.1. The number of halogens is 1. The number of carbonyl (C=O) groups excluding carboxylic acids is 1. The minimum absolute atomic E-state index is 0.122. The van der Waals surface area contributed by atoms with Crippen molar-refractivity contribution in [3.05, 3.63) is 59.4 Å². The van der Waals surface area contributed by atoms with Crippen LogP contribution in [0, 0.1) is 5.82 Å². The molecule has 6 heteroatoms. The summed E-state index contributed by atoms with van der Waals surface area (Å²) in [6.07, 6.45) is 2.18. The molecule has 0 aliphatic carbocycles. The summed E-state index contributed by atoms with van der Waals surface area (Å²) < 4.78 is 24.8. The minimum Gasteiger partial charge on any atom is -0.493 e. The number of fused-ring (bicyclic) bond motifs is 1. The van der Waals surface area contributed by atoms with Crippen molar-refractivity contribution in [2.45, 2.75) is 45.0 Å². The number of carbonyl (C=O) groups is 1. The molecule has 2 fully saturated rings. The highest BCUT2D eigenvalue weighted by atomic mass is 19.1. The van der Waals surface area contributed by atoms with Crippen LogP contribution in [-0.4, -0.2) is 48.0 Å². The summed E-state index contributed by atoms with van der Waals surface area (Å²) in [6, 6.07) is 12.4. The van der Waals surface area contributed by atoms with Gasteiger partial charge in [0.05, 0.1) is 13.2 Å². The van der Waals surface area contributed by atoms with E-state index in [1.54, 1.807) is 13.2 Å². The van der Waals surface area contributed by atoms with Crippen molar-refractivity contribution in [2.24, 2.45) is 0 Å². The van der Waals surface area contributed by atoms with Gasteiger partial charge in [-0.3, -0.25) is 9.69 Å². The maximum atomic E-state index is 13.4. The molecule has 2 heterocycles. The van der Waals surface area contributed by atoms with Crippen molar-refractivity contribution >= 4 is 5.91 Å². The van der Waals surface area contributed by atoms with Crippen LogP contribution in [0.1, 0.15) is 30.9 Å². The predicted octanol–water partition coefficient (Wildman–Crippen LogP) is 3.61. The lowest BCUT2D eigenvalue weighted by atomic mass is 10.1. The molecule has 2 atom stereocenters. The Balaban J connectivity index is 1.48. The molecule has 0 N–H and O–H groups in total. The number of piperazine rings is 1. The summed E-state index contributed by atoms with van der Waals surface area (Å²) in [5, 5.41) is 0. The van der Waals surface area contributed by atoms with E-state index < -0.39 is 0 Å². The Labute approximate surface area is 171 Å². The second kappa shape index (κ2) is 8.41. The van der Waals surface area contributed by atoms with Crippen molar-refractivity contribution in [3.8, 4) is 11.5 Å². The van der Waals surface area contributed by atoms with Gasteiger partial charge >= 0.3 is 0 Å². The molecular formula is C23H27FN2O3. The van der Waals surface area contributed by atoms with Gasteiger partial charge in [-0.1, -0.05) is 18.2 Å². The van der Waals surface area contributed by atoms with Gasteiger partial charge in [-0.15, -0.1) is 0 Å². The summed E-state index contributed by atoms with van der Waals surface area (Å²) >= 11 is 0. The van der Waals surface area contributed by atoms with Crippen molar-refractivity contribution in [2.75, 3.05) is 20.2 Å². The van der Waals surface area contributed by atoms with E-state index >= 15 is 0 Å². The van der Waals surface area contributed by atoms with E-state index in [2.05, 4.69) is 4.90 Å². The van der Waals surface area contributed by atoms with E-state index in [-0.39, 0.29) is 24.4 Å². The molecule has 154 valence electrons. The van der Waals surface area contributed by atoms with Crippen LogP contribution in [-0.2, 0) is 17.9 Å². The Kier molecular flexibility index (Phi) is 5.72. The largest absolute Gasteiger partial charge is 0.493 e. The molecule has 2 aromatic rings. The fraction of sp³-hybridized carbons (Fsp3) is 0.435. The zero-order chi connectivity index (χ0) is 20.4. The maximum Gasteiger partial charge on any atom is 0.239 e. The quantitative estimate of drug-likeness (QED) is 0.746. The lowest BCUT2D eigenvalue weighted by Gasteiger charge is -2.41. The Morgan fingerprint density at radius 1 is 1.14 bits per heavy atom. The molecule has 0 unspecified atom stereocenters. The lowest BCUT2D eigenvalue weighted by Crippen LogP contribution is -2.58. The number of benzene rings is 2. The van der Waals surface area contributed by atoms with Gasteiger partial charge in [0.2, 0.25) is 5.91 Å². The van der Waals surface area contributed by atoms with Gasteiger partial charge < -0.3 is 14.4 Å². The van der Waals surface area contributed by atoms with Crippen LogP contribution in [0.4, 0.5) is 4.39 Å². The van der Waals surface area contributed by atoms with E-state index in [9.17, 15) is 9.18 Å². The summed E-state index contributed by atoms with van der Waals surface area (Å²) in [7, 11) is 1.60. The fourth-order valence-corrected chi connectivity index (χ4v) is 4.30. The van der Waals surface area contributed by atoms with Gasteiger partial charge in [-0.25, -0.2) is 4.39 Å². The number of methoxy groups -OCH3 is 1. The molecule has 4 rings (SSSR count). The van der Waals surface area contributed by atoms with Gasteiger partial charge in [0.15, 0.2) is 11.5 Å². The van der Waals surface area contributed by atoms with Crippen LogP contribution in [0.2, 0.25) is 0 Å². The van der Waals surface area contributed by atoms with Crippen LogP contribution < -0.4 is 9.47 Å². The van der Waals surface area contributed by atoms with E-state index in [0.29, 0.717) is 24.1 Å². The topological polar surface area (TPSA) is 42.0 Å². The molecule has 0 aromatic heterocycles. The molecule has 0 saturated carbocycles.